The van der Waals surface area contributed by atoms with Gasteiger partial charge in [-0.15, -0.1) is 5.10 Å². The summed E-state index contributed by atoms with van der Waals surface area (Å²) in [4.78, 5) is 29.3. The summed E-state index contributed by atoms with van der Waals surface area (Å²) in [5, 5.41) is 7.84. The lowest BCUT2D eigenvalue weighted by molar-refractivity contribution is -0.140. The van der Waals surface area contributed by atoms with Crippen molar-refractivity contribution in [2.75, 3.05) is 11.5 Å². The number of carbonyl (C=O) groups excluding carboxylic acids is 2. The lowest BCUT2D eigenvalue weighted by Gasteiger charge is -2.34. The fourth-order valence-corrected chi connectivity index (χ4v) is 5.08. The van der Waals surface area contributed by atoms with Gasteiger partial charge >= 0.3 is 5.97 Å². The van der Waals surface area contributed by atoms with Gasteiger partial charge in [-0.05, 0) is 37.6 Å². The largest absolute Gasteiger partial charge is 0.462 e. The number of ether oxygens (including phenoxy) is 2. The summed E-state index contributed by atoms with van der Waals surface area (Å²) in [5.41, 5.74) is 7.56. The smallest absolute Gasteiger partial charge is 0.341 e. The standard InChI is InChI=1S/C24H20Cl2N4O4/c1-3-33-22(31)19-20(27)34-21-18(12(2)28-29-21)24(19)14-6-4-5-7-17(14)30(23(24)32)11-13-8-9-15(25)16(26)10-13/h4-10H,3,11,27H2,1-2H3,(H,28,29). The molecule has 5 rings (SSSR count). The van der Waals surface area contributed by atoms with E-state index in [9.17, 15) is 9.59 Å². The molecule has 0 saturated carbocycles. The zero-order chi connectivity index (χ0) is 24.2. The number of aromatic amines is 1. The first-order chi connectivity index (χ1) is 16.3. The van der Waals surface area contributed by atoms with Crippen LogP contribution in [0, 0.1) is 6.92 Å². The molecule has 2 aliphatic rings. The van der Waals surface area contributed by atoms with Gasteiger partial charge in [0.2, 0.25) is 17.7 Å². The van der Waals surface area contributed by atoms with Gasteiger partial charge < -0.3 is 20.1 Å². The molecular weight excluding hydrogens is 479 g/mol. The van der Waals surface area contributed by atoms with Gasteiger partial charge in [-0.2, -0.15) is 0 Å². The van der Waals surface area contributed by atoms with Crippen molar-refractivity contribution in [2.45, 2.75) is 25.8 Å². The third-order valence-electron chi connectivity index (χ3n) is 6.09. The first-order valence-corrected chi connectivity index (χ1v) is 11.3. The lowest BCUT2D eigenvalue weighted by Crippen LogP contribution is -2.48. The van der Waals surface area contributed by atoms with Gasteiger partial charge in [-0.25, -0.2) is 4.79 Å². The van der Waals surface area contributed by atoms with Crippen molar-refractivity contribution in [3.8, 4) is 5.88 Å². The third kappa shape index (κ3) is 3.02. The summed E-state index contributed by atoms with van der Waals surface area (Å²) in [6.45, 7) is 3.74. The van der Waals surface area contributed by atoms with E-state index in [4.69, 9.17) is 38.4 Å². The van der Waals surface area contributed by atoms with Crippen LogP contribution in [0.5, 0.6) is 5.88 Å². The van der Waals surface area contributed by atoms with Gasteiger partial charge in [0.25, 0.3) is 0 Å². The minimum absolute atomic E-state index is 0.0690. The minimum Gasteiger partial charge on any atom is -0.462 e. The molecule has 0 radical (unpaired) electrons. The van der Waals surface area contributed by atoms with Gasteiger partial charge in [0.15, 0.2) is 0 Å². The minimum atomic E-state index is -1.59. The number of esters is 1. The summed E-state index contributed by atoms with van der Waals surface area (Å²) >= 11 is 12.3. The van der Waals surface area contributed by atoms with Crippen LogP contribution >= 0.6 is 23.2 Å². The maximum Gasteiger partial charge on any atom is 0.341 e. The molecule has 1 atom stereocenters. The number of fused-ring (bicyclic) bond motifs is 4. The number of carbonyl (C=O) groups is 2. The van der Waals surface area contributed by atoms with Crippen LogP contribution in [0.15, 0.2) is 53.9 Å². The number of anilines is 1. The Kier molecular flexibility index (Phi) is 5.30. The van der Waals surface area contributed by atoms with Crippen molar-refractivity contribution in [1.82, 2.24) is 10.2 Å². The first-order valence-electron chi connectivity index (χ1n) is 10.6. The van der Waals surface area contributed by atoms with Gasteiger partial charge in [-0.1, -0.05) is 47.5 Å². The van der Waals surface area contributed by atoms with Crippen molar-refractivity contribution in [1.29, 1.82) is 0 Å². The van der Waals surface area contributed by atoms with E-state index in [1.54, 1.807) is 49.1 Å². The number of nitrogens with zero attached hydrogens (tertiary/aromatic N) is 2. The molecule has 1 amide bonds. The molecule has 2 aromatic carbocycles. The van der Waals surface area contributed by atoms with Crippen molar-refractivity contribution in [2.24, 2.45) is 5.73 Å². The molecule has 3 aromatic rings. The first kappa shape index (κ1) is 22.3. The van der Waals surface area contributed by atoms with E-state index >= 15 is 0 Å². The quantitative estimate of drug-likeness (QED) is 0.526. The second kappa shape index (κ2) is 8.07. The summed E-state index contributed by atoms with van der Waals surface area (Å²) in [6, 6.07) is 12.4. The summed E-state index contributed by atoms with van der Waals surface area (Å²) in [7, 11) is 0. The van der Waals surface area contributed by atoms with Crippen LogP contribution in [0.4, 0.5) is 5.69 Å². The number of halogens is 2. The van der Waals surface area contributed by atoms with Crippen LogP contribution in [-0.2, 0) is 26.3 Å². The number of hydrogen-bond donors (Lipinski definition) is 2. The molecule has 174 valence electrons. The average Bonchev–Trinajstić information content (AvgIpc) is 3.28. The zero-order valence-electron chi connectivity index (χ0n) is 18.3. The third-order valence-corrected chi connectivity index (χ3v) is 6.83. The number of H-pyrrole nitrogens is 1. The highest BCUT2D eigenvalue weighted by molar-refractivity contribution is 6.42. The molecule has 3 N–H and O–H groups in total. The van der Waals surface area contributed by atoms with Crippen LogP contribution < -0.4 is 15.4 Å². The molecular formula is C24H20Cl2N4O4. The highest BCUT2D eigenvalue weighted by atomic mass is 35.5. The fourth-order valence-electron chi connectivity index (χ4n) is 4.76. The topological polar surface area (TPSA) is 111 Å². The number of nitrogens with two attached hydrogens (primary N) is 1. The van der Waals surface area contributed by atoms with Gasteiger partial charge in [0.05, 0.1) is 28.8 Å². The number of aromatic nitrogens is 2. The van der Waals surface area contributed by atoms with Gasteiger partial charge in [-0.3, -0.25) is 9.89 Å². The molecule has 34 heavy (non-hydrogen) atoms. The molecule has 0 aliphatic carbocycles. The van der Waals surface area contributed by atoms with E-state index in [1.807, 2.05) is 12.1 Å². The number of aryl methyl sites for hydroxylation is 1. The van der Waals surface area contributed by atoms with E-state index in [1.165, 1.54) is 0 Å². The predicted molar refractivity (Wildman–Crippen MR) is 127 cm³/mol. The number of nitrogens with one attached hydrogen (secondary N) is 1. The number of rotatable bonds is 4. The Balaban J connectivity index is 1.77. The number of amides is 1. The second-order valence-corrected chi connectivity index (χ2v) is 8.81. The second-order valence-electron chi connectivity index (χ2n) is 8.00. The lowest BCUT2D eigenvalue weighted by atomic mass is 9.68. The van der Waals surface area contributed by atoms with E-state index < -0.39 is 11.4 Å². The van der Waals surface area contributed by atoms with Gasteiger partial charge in [0, 0.05) is 16.9 Å². The molecule has 0 saturated heterocycles. The Morgan fingerprint density at radius 3 is 2.74 bits per heavy atom. The summed E-state index contributed by atoms with van der Waals surface area (Å²) < 4.78 is 11.0. The molecule has 8 nitrogen and oxygen atoms in total. The highest BCUT2D eigenvalue weighted by Crippen LogP contribution is 2.56. The number of hydrogen-bond acceptors (Lipinski definition) is 6. The van der Waals surface area contributed by atoms with Crippen molar-refractivity contribution in [3.05, 3.63) is 86.4 Å². The Labute approximate surface area is 205 Å². The van der Waals surface area contributed by atoms with Crippen LogP contribution in [0.2, 0.25) is 10.0 Å². The van der Waals surface area contributed by atoms with Crippen LogP contribution in [0.25, 0.3) is 0 Å². The highest BCUT2D eigenvalue weighted by Gasteiger charge is 2.62. The van der Waals surface area contributed by atoms with E-state index in [-0.39, 0.29) is 36.4 Å². The van der Waals surface area contributed by atoms with Crippen molar-refractivity contribution in [3.63, 3.8) is 0 Å². The van der Waals surface area contributed by atoms with E-state index in [0.29, 0.717) is 32.6 Å². The van der Waals surface area contributed by atoms with E-state index in [2.05, 4.69) is 10.2 Å². The van der Waals surface area contributed by atoms with Crippen LogP contribution in [0.1, 0.15) is 29.3 Å². The Hall–Kier alpha value is -3.49. The maximum atomic E-state index is 14.4. The predicted octanol–water partition coefficient (Wildman–Crippen LogP) is 3.98. The molecule has 0 fully saturated rings. The number of para-hydroxylation sites is 1. The average molecular weight is 499 g/mol. The molecule has 0 bridgehead atoms. The molecule has 1 spiro atoms. The fraction of sp³-hybridized carbons (Fsp3) is 0.208. The normalized spacial score (nSPS) is 18.7. The van der Waals surface area contributed by atoms with Crippen LogP contribution in [0.3, 0.4) is 0 Å². The SMILES string of the molecule is CCOC(=O)C1=C(N)Oc2n[nH]c(C)c2C12C(=O)N(Cc1ccc(Cl)c(Cl)c1)c1ccccc12. The maximum absolute atomic E-state index is 14.4. The molecule has 2 aliphatic heterocycles. The van der Waals surface area contributed by atoms with E-state index in [0.717, 1.165) is 5.56 Å². The number of benzene rings is 2. The Morgan fingerprint density at radius 1 is 1.24 bits per heavy atom. The molecule has 3 heterocycles. The Morgan fingerprint density at radius 2 is 2.00 bits per heavy atom. The summed E-state index contributed by atoms with van der Waals surface area (Å²) in [6.07, 6.45) is 0. The summed E-state index contributed by atoms with van der Waals surface area (Å²) in [5.74, 6) is -1.19. The molecule has 1 unspecified atom stereocenters. The van der Waals surface area contributed by atoms with Crippen molar-refractivity contribution < 1.29 is 19.1 Å². The van der Waals surface area contributed by atoms with Crippen LogP contribution in [-0.4, -0.2) is 28.7 Å². The molecule has 10 heteroatoms. The van der Waals surface area contributed by atoms with Gasteiger partial charge in [0.1, 0.15) is 11.0 Å². The monoisotopic (exact) mass is 498 g/mol. The molecule has 1 aromatic heterocycles. The Bertz CT molecular complexity index is 1380. The zero-order valence-corrected chi connectivity index (χ0v) is 19.8. The van der Waals surface area contributed by atoms with Crippen molar-refractivity contribution >= 4 is 40.8 Å².